The van der Waals surface area contributed by atoms with Gasteiger partial charge in [0, 0.05) is 12.2 Å². The van der Waals surface area contributed by atoms with Crippen LogP contribution in [0.3, 0.4) is 0 Å². The molecule has 0 aromatic heterocycles. The van der Waals surface area contributed by atoms with Gasteiger partial charge >= 0.3 is 5.97 Å². The van der Waals surface area contributed by atoms with E-state index in [2.05, 4.69) is 26.1 Å². The van der Waals surface area contributed by atoms with E-state index in [0.717, 1.165) is 31.5 Å². The van der Waals surface area contributed by atoms with E-state index in [4.69, 9.17) is 4.74 Å². The molecule has 3 nitrogen and oxygen atoms in total. The first-order valence-electron chi connectivity index (χ1n) is 8.01. The number of hydrogen-bond acceptors (Lipinski definition) is 3. The van der Waals surface area contributed by atoms with Gasteiger partial charge in [0.15, 0.2) is 0 Å². The lowest BCUT2D eigenvalue weighted by Gasteiger charge is -2.38. The highest BCUT2D eigenvalue weighted by Crippen LogP contribution is 2.40. The smallest absolute Gasteiger partial charge is 0.338 e. The van der Waals surface area contributed by atoms with Gasteiger partial charge in [-0.05, 0) is 54.7 Å². The molecule has 1 aliphatic carbocycles. The van der Waals surface area contributed by atoms with Gasteiger partial charge in [-0.15, -0.1) is 0 Å². The molecule has 1 N–H and O–H groups in total. The van der Waals surface area contributed by atoms with E-state index in [1.165, 1.54) is 12.0 Å². The minimum atomic E-state index is -0.179. The number of rotatable bonds is 2. The molecule has 2 unspecified atom stereocenters. The summed E-state index contributed by atoms with van der Waals surface area (Å²) in [5, 5.41) is 3.31. The van der Waals surface area contributed by atoms with Crippen LogP contribution in [0.15, 0.2) is 18.2 Å². The van der Waals surface area contributed by atoms with E-state index >= 15 is 0 Å². The fraction of sp³-hybridized carbons (Fsp3) is 0.611. The maximum atomic E-state index is 12.4. The molecule has 2 atom stereocenters. The summed E-state index contributed by atoms with van der Waals surface area (Å²) in [7, 11) is 0. The lowest BCUT2D eigenvalue weighted by molar-refractivity contribution is -0.00714. The van der Waals surface area contributed by atoms with Crippen molar-refractivity contribution >= 4 is 11.7 Å². The van der Waals surface area contributed by atoms with Crippen LogP contribution in [0.4, 0.5) is 5.69 Å². The molecular formula is C18H25NO2. The van der Waals surface area contributed by atoms with Gasteiger partial charge in [0.05, 0.1) is 5.56 Å². The first kappa shape index (κ1) is 14.4. The zero-order valence-electron chi connectivity index (χ0n) is 13.2. The predicted octanol–water partition coefficient (Wildman–Crippen LogP) is 4.03. The number of carbonyl (C=O) groups is 1. The third-order valence-electron chi connectivity index (χ3n) is 4.68. The molecule has 0 amide bonds. The number of esters is 1. The predicted molar refractivity (Wildman–Crippen MR) is 84.6 cm³/mol. The summed E-state index contributed by atoms with van der Waals surface area (Å²) in [6.07, 6.45) is 4.26. The summed E-state index contributed by atoms with van der Waals surface area (Å²) < 4.78 is 5.78. The topological polar surface area (TPSA) is 38.3 Å². The second kappa shape index (κ2) is 5.36. The zero-order valence-corrected chi connectivity index (χ0v) is 13.2. The standard InChI is InChI=1S/C18H25NO2/c1-12-8-15(11-18(2,3)10-12)21-17(20)14-5-4-13-6-7-19-16(13)9-14/h4-5,9,12,15,19H,6-8,10-11H2,1-3H3. The number of carbonyl (C=O) groups excluding carboxylic acids is 1. The van der Waals surface area contributed by atoms with Gasteiger partial charge in [-0.3, -0.25) is 0 Å². The van der Waals surface area contributed by atoms with Crippen molar-refractivity contribution in [2.24, 2.45) is 11.3 Å². The number of ether oxygens (including phenoxy) is 1. The Bertz CT molecular complexity index is 550. The van der Waals surface area contributed by atoms with Crippen LogP contribution in [-0.2, 0) is 11.2 Å². The molecule has 0 bridgehead atoms. The molecule has 1 fully saturated rings. The van der Waals surface area contributed by atoms with E-state index in [1.54, 1.807) is 0 Å². The van der Waals surface area contributed by atoms with Crippen molar-refractivity contribution in [3.05, 3.63) is 29.3 Å². The Morgan fingerprint density at radius 3 is 2.90 bits per heavy atom. The van der Waals surface area contributed by atoms with Crippen LogP contribution in [0.25, 0.3) is 0 Å². The average Bonchev–Trinajstić information content (AvgIpc) is 2.82. The zero-order chi connectivity index (χ0) is 15.0. The molecular weight excluding hydrogens is 262 g/mol. The van der Waals surface area contributed by atoms with E-state index in [1.807, 2.05) is 18.2 Å². The van der Waals surface area contributed by atoms with Crippen LogP contribution < -0.4 is 5.32 Å². The SMILES string of the molecule is CC1CC(OC(=O)c2ccc3c(c2)NCC3)CC(C)(C)C1. The largest absolute Gasteiger partial charge is 0.459 e. The minimum absolute atomic E-state index is 0.0532. The summed E-state index contributed by atoms with van der Waals surface area (Å²) in [6, 6.07) is 5.87. The molecule has 114 valence electrons. The average molecular weight is 287 g/mol. The van der Waals surface area contributed by atoms with Crippen molar-refractivity contribution < 1.29 is 9.53 Å². The van der Waals surface area contributed by atoms with Gasteiger partial charge in [0.25, 0.3) is 0 Å². The highest BCUT2D eigenvalue weighted by atomic mass is 16.5. The van der Waals surface area contributed by atoms with Crippen molar-refractivity contribution in [1.82, 2.24) is 0 Å². The molecule has 1 aromatic carbocycles. The molecule has 0 saturated heterocycles. The summed E-state index contributed by atoms with van der Waals surface area (Å²) >= 11 is 0. The van der Waals surface area contributed by atoms with E-state index in [0.29, 0.717) is 11.5 Å². The van der Waals surface area contributed by atoms with Gasteiger partial charge in [-0.25, -0.2) is 4.79 Å². The number of hydrogen-bond donors (Lipinski definition) is 1. The first-order valence-corrected chi connectivity index (χ1v) is 8.01. The number of fused-ring (bicyclic) bond motifs is 1. The lowest BCUT2D eigenvalue weighted by Crippen LogP contribution is -2.34. The van der Waals surface area contributed by atoms with Crippen LogP contribution in [0.2, 0.25) is 0 Å². The number of benzene rings is 1. The molecule has 0 radical (unpaired) electrons. The number of anilines is 1. The molecule has 0 spiro atoms. The van der Waals surface area contributed by atoms with Crippen LogP contribution in [0.5, 0.6) is 0 Å². The summed E-state index contributed by atoms with van der Waals surface area (Å²) in [4.78, 5) is 12.4. The molecule has 1 aliphatic heterocycles. The van der Waals surface area contributed by atoms with E-state index in [-0.39, 0.29) is 17.5 Å². The maximum Gasteiger partial charge on any atom is 0.338 e. The van der Waals surface area contributed by atoms with E-state index < -0.39 is 0 Å². The Labute approximate surface area is 127 Å². The molecule has 3 heteroatoms. The van der Waals surface area contributed by atoms with Crippen molar-refractivity contribution in [2.75, 3.05) is 11.9 Å². The lowest BCUT2D eigenvalue weighted by atomic mass is 9.71. The quantitative estimate of drug-likeness (QED) is 0.835. The van der Waals surface area contributed by atoms with Crippen molar-refractivity contribution in [3.8, 4) is 0 Å². The third kappa shape index (κ3) is 3.22. The molecule has 1 heterocycles. The third-order valence-corrected chi connectivity index (χ3v) is 4.68. The minimum Gasteiger partial charge on any atom is -0.459 e. The normalized spacial score (nSPS) is 26.8. The van der Waals surface area contributed by atoms with Gasteiger partial charge in [-0.2, -0.15) is 0 Å². The Hall–Kier alpha value is -1.51. The summed E-state index contributed by atoms with van der Waals surface area (Å²) in [6.45, 7) is 7.74. The Kier molecular flexibility index (Phi) is 3.68. The molecule has 21 heavy (non-hydrogen) atoms. The van der Waals surface area contributed by atoms with Crippen molar-refractivity contribution in [2.45, 2.75) is 52.6 Å². The van der Waals surface area contributed by atoms with Gasteiger partial charge in [0.2, 0.25) is 0 Å². The van der Waals surface area contributed by atoms with Gasteiger partial charge < -0.3 is 10.1 Å². The molecule has 3 rings (SSSR count). The second-order valence-electron chi connectivity index (χ2n) is 7.49. The summed E-state index contributed by atoms with van der Waals surface area (Å²) in [5.41, 5.74) is 3.31. The monoisotopic (exact) mass is 287 g/mol. The van der Waals surface area contributed by atoms with E-state index in [9.17, 15) is 4.79 Å². The van der Waals surface area contributed by atoms with Gasteiger partial charge in [0.1, 0.15) is 6.10 Å². The molecule has 1 aromatic rings. The Morgan fingerprint density at radius 2 is 2.14 bits per heavy atom. The fourth-order valence-electron chi connectivity index (χ4n) is 3.99. The number of nitrogens with one attached hydrogen (secondary N) is 1. The second-order valence-corrected chi connectivity index (χ2v) is 7.49. The van der Waals surface area contributed by atoms with Crippen molar-refractivity contribution in [3.63, 3.8) is 0 Å². The van der Waals surface area contributed by atoms with Gasteiger partial charge in [-0.1, -0.05) is 26.8 Å². The van der Waals surface area contributed by atoms with Crippen LogP contribution >= 0.6 is 0 Å². The molecule has 2 aliphatic rings. The summed E-state index contributed by atoms with van der Waals surface area (Å²) in [5.74, 6) is 0.439. The molecule has 1 saturated carbocycles. The Morgan fingerprint density at radius 1 is 1.33 bits per heavy atom. The Balaban J connectivity index is 1.69. The highest BCUT2D eigenvalue weighted by molar-refractivity contribution is 5.91. The highest BCUT2D eigenvalue weighted by Gasteiger charge is 2.34. The maximum absolute atomic E-state index is 12.4. The fourth-order valence-corrected chi connectivity index (χ4v) is 3.99. The first-order chi connectivity index (χ1) is 9.93. The van der Waals surface area contributed by atoms with Crippen LogP contribution in [-0.4, -0.2) is 18.6 Å². The van der Waals surface area contributed by atoms with Crippen LogP contribution in [0, 0.1) is 11.3 Å². The van der Waals surface area contributed by atoms with Crippen LogP contribution in [0.1, 0.15) is 56.0 Å². The van der Waals surface area contributed by atoms with Crippen molar-refractivity contribution in [1.29, 1.82) is 0 Å².